The molecule has 9 heteroatoms. The highest BCUT2D eigenvalue weighted by molar-refractivity contribution is 14.0. The Bertz CT molecular complexity index is 610. The van der Waals surface area contributed by atoms with Crippen LogP contribution in [0.5, 0.6) is 5.75 Å². The molecule has 0 aromatic heterocycles. The first-order chi connectivity index (χ1) is 14.0. The van der Waals surface area contributed by atoms with Crippen molar-refractivity contribution in [1.29, 1.82) is 0 Å². The average molecular weight is 539 g/mol. The SMILES string of the molecule is CCNC(=NCCCCN1CCN(C)CC1)N(C)Cc1ccc(OC(F)F)cc1.I. The molecule has 0 unspecified atom stereocenters. The summed E-state index contributed by atoms with van der Waals surface area (Å²) in [6.45, 7) is 7.25. The number of likely N-dealkylation sites (N-methyl/N-ethyl adjacent to an activating group) is 1. The molecule has 1 fully saturated rings. The predicted molar refractivity (Wildman–Crippen MR) is 129 cm³/mol. The van der Waals surface area contributed by atoms with Gasteiger partial charge < -0.3 is 24.8 Å². The number of guanidine groups is 1. The largest absolute Gasteiger partial charge is 0.435 e. The summed E-state index contributed by atoms with van der Waals surface area (Å²) < 4.78 is 28.9. The summed E-state index contributed by atoms with van der Waals surface area (Å²) >= 11 is 0. The van der Waals surface area contributed by atoms with Crippen molar-refractivity contribution in [1.82, 2.24) is 20.0 Å². The van der Waals surface area contributed by atoms with Crippen molar-refractivity contribution in [2.75, 3.05) is 59.9 Å². The minimum atomic E-state index is -2.80. The lowest BCUT2D eigenvalue weighted by Gasteiger charge is -2.32. The Morgan fingerprint density at radius 2 is 1.83 bits per heavy atom. The van der Waals surface area contributed by atoms with E-state index < -0.39 is 6.61 Å². The van der Waals surface area contributed by atoms with Crippen LogP contribution in [0, 0.1) is 0 Å². The molecule has 2 rings (SSSR count). The maximum atomic E-state index is 12.3. The summed E-state index contributed by atoms with van der Waals surface area (Å²) in [4.78, 5) is 11.7. The van der Waals surface area contributed by atoms with E-state index in [-0.39, 0.29) is 29.7 Å². The van der Waals surface area contributed by atoms with Gasteiger partial charge in [0, 0.05) is 52.9 Å². The van der Waals surface area contributed by atoms with Crippen LogP contribution in [-0.2, 0) is 6.54 Å². The van der Waals surface area contributed by atoms with Crippen LogP contribution in [0.2, 0.25) is 0 Å². The number of piperazine rings is 1. The minimum Gasteiger partial charge on any atom is -0.435 e. The van der Waals surface area contributed by atoms with E-state index in [1.54, 1.807) is 24.3 Å². The van der Waals surface area contributed by atoms with Crippen molar-refractivity contribution < 1.29 is 13.5 Å². The summed E-state index contributed by atoms with van der Waals surface area (Å²) in [5.41, 5.74) is 1.01. The standard InChI is InChI=1S/C21H35F2N5O.HI/c1-4-24-21(25-11-5-6-12-28-15-13-26(2)14-16-28)27(3)17-18-7-9-19(10-8-18)29-20(22)23;/h7-10,20H,4-6,11-17H2,1-3H3,(H,24,25);1H. The van der Waals surface area contributed by atoms with Crippen LogP contribution < -0.4 is 10.1 Å². The van der Waals surface area contributed by atoms with Gasteiger partial charge >= 0.3 is 6.61 Å². The van der Waals surface area contributed by atoms with Crippen molar-refractivity contribution in [3.8, 4) is 5.75 Å². The molecule has 0 radical (unpaired) electrons. The molecule has 1 aromatic carbocycles. The van der Waals surface area contributed by atoms with Crippen LogP contribution in [0.25, 0.3) is 0 Å². The molecule has 1 N–H and O–H groups in total. The zero-order valence-electron chi connectivity index (χ0n) is 18.3. The number of alkyl halides is 2. The van der Waals surface area contributed by atoms with Crippen molar-refractivity contribution in [2.45, 2.75) is 32.9 Å². The summed E-state index contributed by atoms with van der Waals surface area (Å²) in [5, 5.41) is 3.32. The number of benzene rings is 1. The molecule has 1 aromatic rings. The van der Waals surface area contributed by atoms with E-state index in [4.69, 9.17) is 4.99 Å². The molecule has 1 aliphatic rings. The number of nitrogens with zero attached hydrogens (tertiary/aromatic N) is 4. The Labute approximate surface area is 196 Å². The average Bonchev–Trinajstić information content (AvgIpc) is 2.69. The highest BCUT2D eigenvalue weighted by atomic mass is 127. The van der Waals surface area contributed by atoms with Crippen LogP contribution in [0.1, 0.15) is 25.3 Å². The third kappa shape index (κ3) is 10.2. The predicted octanol–water partition coefficient (Wildman–Crippen LogP) is 3.33. The van der Waals surface area contributed by atoms with Gasteiger partial charge in [0.25, 0.3) is 0 Å². The van der Waals surface area contributed by atoms with Gasteiger partial charge in [-0.2, -0.15) is 8.78 Å². The maximum Gasteiger partial charge on any atom is 0.387 e. The Morgan fingerprint density at radius 3 is 2.43 bits per heavy atom. The van der Waals surface area contributed by atoms with Gasteiger partial charge in [-0.1, -0.05) is 12.1 Å². The number of aliphatic imine (C=N–C) groups is 1. The molecular weight excluding hydrogens is 503 g/mol. The third-order valence-electron chi connectivity index (χ3n) is 5.00. The quantitative estimate of drug-likeness (QED) is 0.214. The lowest BCUT2D eigenvalue weighted by atomic mass is 10.2. The molecule has 30 heavy (non-hydrogen) atoms. The molecule has 172 valence electrons. The van der Waals surface area contributed by atoms with E-state index in [9.17, 15) is 8.78 Å². The minimum absolute atomic E-state index is 0. The van der Waals surface area contributed by atoms with Gasteiger partial charge in [0.05, 0.1) is 0 Å². The summed E-state index contributed by atoms with van der Waals surface area (Å²) in [6.07, 6.45) is 2.22. The summed E-state index contributed by atoms with van der Waals surface area (Å²) in [5.74, 6) is 1.03. The number of nitrogens with one attached hydrogen (secondary N) is 1. The molecule has 0 aliphatic carbocycles. The zero-order chi connectivity index (χ0) is 21.1. The van der Waals surface area contributed by atoms with Gasteiger partial charge in [-0.05, 0) is 51.1 Å². The Hall–Kier alpha value is -1.20. The molecule has 1 aliphatic heterocycles. The molecule has 1 heterocycles. The molecule has 0 spiro atoms. The van der Waals surface area contributed by atoms with Crippen LogP contribution in [0.3, 0.4) is 0 Å². The fraction of sp³-hybridized carbons (Fsp3) is 0.667. The Balaban J connectivity index is 0.00000450. The van der Waals surface area contributed by atoms with Crippen molar-refractivity contribution in [2.24, 2.45) is 4.99 Å². The Kier molecular flexibility index (Phi) is 13.2. The Morgan fingerprint density at radius 1 is 1.17 bits per heavy atom. The number of unbranched alkanes of at least 4 members (excludes halogenated alkanes) is 1. The van der Waals surface area contributed by atoms with E-state index in [1.807, 2.05) is 18.9 Å². The highest BCUT2D eigenvalue weighted by Crippen LogP contribution is 2.15. The number of halogens is 3. The fourth-order valence-corrected chi connectivity index (χ4v) is 3.30. The van der Waals surface area contributed by atoms with Gasteiger partial charge in [0.1, 0.15) is 5.75 Å². The van der Waals surface area contributed by atoms with Gasteiger partial charge in [-0.15, -0.1) is 24.0 Å². The summed E-state index contributed by atoms with van der Waals surface area (Å²) in [6, 6.07) is 6.73. The third-order valence-corrected chi connectivity index (χ3v) is 5.00. The summed E-state index contributed by atoms with van der Waals surface area (Å²) in [7, 11) is 4.16. The van der Waals surface area contributed by atoms with Crippen LogP contribution in [-0.4, -0.2) is 87.2 Å². The second kappa shape index (κ2) is 14.7. The highest BCUT2D eigenvalue weighted by Gasteiger charge is 2.13. The molecule has 1 saturated heterocycles. The van der Waals surface area contributed by atoms with Crippen molar-refractivity contribution in [3.05, 3.63) is 29.8 Å². The number of hydrogen-bond donors (Lipinski definition) is 1. The van der Waals surface area contributed by atoms with Crippen molar-refractivity contribution in [3.63, 3.8) is 0 Å². The van der Waals surface area contributed by atoms with E-state index in [0.29, 0.717) is 6.54 Å². The zero-order valence-corrected chi connectivity index (χ0v) is 20.6. The van der Waals surface area contributed by atoms with Gasteiger partial charge in [-0.25, -0.2) is 0 Å². The first kappa shape index (κ1) is 26.8. The van der Waals surface area contributed by atoms with Gasteiger partial charge in [0.15, 0.2) is 5.96 Å². The lowest BCUT2D eigenvalue weighted by Crippen LogP contribution is -2.44. The van der Waals surface area contributed by atoms with Crippen LogP contribution in [0.15, 0.2) is 29.3 Å². The fourth-order valence-electron chi connectivity index (χ4n) is 3.30. The monoisotopic (exact) mass is 539 g/mol. The van der Waals surface area contributed by atoms with E-state index in [0.717, 1.165) is 70.2 Å². The van der Waals surface area contributed by atoms with E-state index in [1.165, 1.54) is 0 Å². The first-order valence-corrected chi connectivity index (χ1v) is 10.4. The van der Waals surface area contributed by atoms with Crippen LogP contribution in [0.4, 0.5) is 8.78 Å². The lowest BCUT2D eigenvalue weighted by molar-refractivity contribution is -0.0498. The molecule has 0 atom stereocenters. The number of hydrogen-bond acceptors (Lipinski definition) is 4. The number of rotatable bonds is 10. The van der Waals surface area contributed by atoms with E-state index >= 15 is 0 Å². The topological polar surface area (TPSA) is 43.3 Å². The maximum absolute atomic E-state index is 12.3. The van der Waals surface area contributed by atoms with E-state index in [2.05, 4.69) is 26.9 Å². The van der Waals surface area contributed by atoms with Crippen LogP contribution >= 0.6 is 24.0 Å². The number of ether oxygens (including phenoxy) is 1. The smallest absolute Gasteiger partial charge is 0.387 e. The van der Waals surface area contributed by atoms with Gasteiger partial charge in [0.2, 0.25) is 0 Å². The first-order valence-electron chi connectivity index (χ1n) is 10.4. The molecular formula is C21H36F2IN5O. The normalized spacial score (nSPS) is 15.7. The molecule has 0 amide bonds. The molecule has 0 bridgehead atoms. The molecule has 6 nitrogen and oxygen atoms in total. The van der Waals surface area contributed by atoms with Gasteiger partial charge in [-0.3, -0.25) is 4.99 Å². The van der Waals surface area contributed by atoms with Crippen molar-refractivity contribution >= 4 is 29.9 Å². The second-order valence-corrected chi connectivity index (χ2v) is 7.47. The molecule has 0 saturated carbocycles. The second-order valence-electron chi connectivity index (χ2n) is 7.47.